The summed E-state index contributed by atoms with van der Waals surface area (Å²) < 4.78 is 21.3. The number of halogens is 3. The van der Waals surface area contributed by atoms with Crippen molar-refractivity contribution in [2.45, 2.75) is 38.0 Å². The Morgan fingerprint density at radius 3 is 2.73 bits per heavy atom. The minimum absolute atomic E-state index is 0. The van der Waals surface area contributed by atoms with Crippen LogP contribution in [0.25, 0.3) is 0 Å². The first-order valence-corrected chi connectivity index (χ1v) is 10.6. The van der Waals surface area contributed by atoms with Gasteiger partial charge < -0.3 is 24.6 Å². The van der Waals surface area contributed by atoms with E-state index in [9.17, 15) is 23.9 Å². The van der Waals surface area contributed by atoms with E-state index in [1.165, 1.54) is 27.8 Å². The first kappa shape index (κ1) is 25.0. The number of likely N-dealkylation sites (N-methyl/N-ethyl adjacent to an activating group) is 1. The summed E-state index contributed by atoms with van der Waals surface area (Å²) in [6.07, 6.45) is 2.44. The Labute approximate surface area is 200 Å². The molecule has 0 atom stereocenters. The summed E-state index contributed by atoms with van der Waals surface area (Å²) in [5.41, 5.74) is -1.86. The molecular weight excluding hydrogens is 476 g/mol. The summed E-state index contributed by atoms with van der Waals surface area (Å²) in [7, 11) is 1.60. The third-order valence-corrected chi connectivity index (χ3v) is 6.40. The first-order valence-electron chi connectivity index (χ1n) is 10.3. The SMILES string of the molecule is CCO[C@H]1C[C@]2(CN(C)C(=O)c3c(O)c(=O)c(C(=O)NCc4cccc(Cl)c4F)cn32)C1.Cl. The van der Waals surface area contributed by atoms with Crippen LogP contribution >= 0.6 is 24.0 Å². The largest absolute Gasteiger partial charge is 0.503 e. The highest BCUT2D eigenvalue weighted by molar-refractivity contribution is 6.30. The molecule has 2 N–H and O–H groups in total. The lowest BCUT2D eigenvalue weighted by molar-refractivity contribution is -0.0825. The average Bonchev–Trinajstić information content (AvgIpc) is 2.73. The van der Waals surface area contributed by atoms with Crippen LogP contribution in [0.2, 0.25) is 5.02 Å². The van der Waals surface area contributed by atoms with Gasteiger partial charge in [-0.05, 0) is 25.8 Å². The van der Waals surface area contributed by atoms with E-state index in [0.29, 0.717) is 26.0 Å². The van der Waals surface area contributed by atoms with E-state index in [-0.39, 0.29) is 46.9 Å². The van der Waals surface area contributed by atoms with Crippen molar-refractivity contribution in [2.24, 2.45) is 0 Å². The van der Waals surface area contributed by atoms with Crippen LogP contribution in [0, 0.1) is 5.82 Å². The molecular formula is C22H24Cl2FN3O5. The average molecular weight is 500 g/mol. The van der Waals surface area contributed by atoms with Gasteiger partial charge in [-0.1, -0.05) is 23.7 Å². The number of fused-ring (bicyclic) bond motifs is 2. The van der Waals surface area contributed by atoms with Gasteiger partial charge in [0, 0.05) is 38.5 Å². The number of benzene rings is 1. The molecule has 11 heteroatoms. The second kappa shape index (κ2) is 9.32. The highest BCUT2D eigenvalue weighted by atomic mass is 35.5. The summed E-state index contributed by atoms with van der Waals surface area (Å²) in [4.78, 5) is 39.7. The third-order valence-electron chi connectivity index (χ3n) is 6.11. The predicted octanol–water partition coefficient (Wildman–Crippen LogP) is 2.68. The molecule has 2 aliphatic rings. The van der Waals surface area contributed by atoms with Gasteiger partial charge in [0.25, 0.3) is 11.8 Å². The Morgan fingerprint density at radius 1 is 1.36 bits per heavy atom. The minimum atomic E-state index is -0.959. The first-order chi connectivity index (χ1) is 15.2. The summed E-state index contributed by atoms with van der Waals surface area (Å²) in [6.45, 7) is 2.60. The number of aromatic hydroxyl groups is 1. The monoisotopic (exact) mass is 499 g/mol. The van der Waals surface area contributed by atoms with Crippen LogP contribution in [0.1, 0.15) is 46.2 Å². The van der Waals surface area contributed by atoms with Gasteiger partial charge in [0.1, 0.15) is 11.4 Å². The van der Waals surface area contributed by atoms with Crippen LogP contribution in [-0.4, -0.2) is 52.7 Å². The molecule has 178 valence electrons. The molecule has 1 aliphatic carbocycles. The van der Waals surface area contributed by atoms with Crippen LogP contribution in [-0.2, 0) is 16.8 Å². The van der Waals surface area contributed by atoms with Gasteiger partial charge in [0.2, 0.25) is 5.43 Å². The molecule has 1 saturated carbocycles. The molecule has 33 heavy (non-hydrogen) atoms. The molecule has 1 aromatic carbocycles. The zero-order valence-electron chi connectivity index (χ0n) is 18.1. The van der Waals surface area contributed by atoms with E-state index in [2.05, 4.69) is 5.32 Å². The van der Waals surface area contributed by atoms with E-state index in [4.69, 9.17) is 16.3 Å². The van der Waals surface area contributed by atoms with E-state index in [1.54, 1.807) is 13.1 Å². The van der Waals surface area contributed by atoms with Crippen LogP contribution in [0.3, 0.4) is 0 Å². The van der Waals surface area contributed by atoms with Crippen molar-refractivity contribution in [1.82, 2.24) is 14.8 Å². The Balaban J connectivity index is 0.00000306. The van der Waals surface area contributed by atoms with Crippen molar-refractivity contribution in [1.29, 1.82) is 0 Å². The number of ether oxygens (including phenoxy) is 1. The highest BCUT2D eigenvalue weighted by Gasteiger charge is 2.52. The van der Waals surface area contributed by atoms with Crippen molar-refractivity contribution in [3.63, 3.8) is 0 Å². The summed E-state index contributed by atoms with van der Waals surface area (Å²) in [6, 6.07) is 4.39. The fraction of sp³-hybridized carbons (Fsp3) is 0.409. The Kier molecular flexibility index (Phi) is 7.07. The Hall–Kier alpha value is -2.62. The number of hydrogen-bond donors (Lipinski definition) is 2. The molecule has 2 aromatic rings. The molecule has 4 rings (SSSR count). The maximum Gasteiger partial charge on any atom is 0.274 e. The number of hydrogen-bond acceptors (Lipinski definition) is 5. The number of rotatable bonds is 5. The highest BCUT2D eigenvalue weighted by Crippen LogP contribution is 2.45. The van der Waals surface area contributed by atoms with Crippen molar-refractivity contribution in [3.8, 4) is 5.75 Å². The van der Waals surface area contributed by atoms with Crippen molar-refractivity contribution >= 4 is 35.8 Å². The number of carbonyl (C=O) groups excluding carboxylic acids is 2. The van der Waals surface area contributed by atoms with Crippen molar-refractivity contribution in [3.05, 3.63) is 62.3 Å². The maximum atomic E-state index is 14.1. The van der Waals surface area contributed by atoms with E-state index in [0.717, 1.165) is 0 Å². The number of nitrogens with zero attached hydrogens (tertiary/aromatic N) is 2. The lowest BCUT2D eigenvalue weighted by Crippen LogP contribution is -2.61. The van der Waals surface area contributed by atoms with Crippen molar-refractivity contribution in [2.75, 3.05) is 20.2 Å². The van der Waals surface area contributed by atoms with Crippen LogP contribution in [0.15, 0.2) is 29.2 Å². The smallest absolute Gasteiger partial charge is 0.274 e. The second-order valence-electron chi connectivity index (χ2n) is 8.21. The van der Waals surface area contributed by atoms with E-state index in [1.807, 2.05) is 6.92 Å². The fourth-order valence-corrected chi connectivity index (χ4v) is 4.73. The number of aromatic nitrogens is 1. The molecule has 1 aromatic heterocycles. The van der Waals surface area contributed by atoms with Gasteiger partial charge in [-0.2, -0.15) is 0 Å². The number of carbonyl (C=O) groups is 2. The summed E-state index contributed by atoms with van der Waals surface area (Å²) in [5, 5.41) is 13.0. The molecule has 0 unspecified atom stereocenters. The lowest BCUT2D eigenvalue weighted by atomic mass is 9.72. The molecule has 1 fully saturated rings. The normalized spacial score (nSPS) is 21.3. The zero-order valence-corrected chi connectivity index (χ0v) is 19.6. The number of nitrogens with one attached hydrogen (secondary N) is 1. The molecule has 1 spiro atoms. The fourth-order valence-electron chi connectivity index (χ4n) is 4.53. The molecule has 0 saturated heterocycles. The Morgan fingerprint density at radius 2 is 2.06 bits per heavy atom. The topological polar surface area (TPSA) is 101 Å². The number of pyridine rings is 1. The minimum Gasteiger partial charge on any atom is -0.503 e. The lowest BCUT2D eigenvalue weighted by Gasteiger charge is -2.53. The van der Waals surface area contributed by atoms with Gasteiger partial charge >= 0.3 is 0 Å². The maximum absolute atomic E-state index is 14.1. The predicted molar refractivity (Wildman–Crippen MR) is 122 cm³/mol. The molecule has 0 radical (unpaired) electrons. The van der Waals surface area contributed by atoms with Gasteiger partial charge in [0.15, 0.2) is 11.4 Å². The second-order valence-corrected chi connectivity index (χ2v) is 8.61. The zero-order chi connectivity index (χ0) is 23.2. The number of amides is 2. The third kappa shape index (κ3) is 4.20. The van der Waals surface area contributed by atoms with E-state index >= 15 is 0 Å². The molecule has 0 bridgehead atoms. The molecule has 2 amide bonds. The van der Waals surface area contributed by atoms with Gasteiger partial charge in [-0.15, -0.1) is 12.4 Å². The Bertz CT molecular complexity index is 1160. The van der Waals surface area contributed by atoms with Gasteiger partial charge in [-0.25, -0.2) is 4.39 Å². The standard InChI is InChI=1S/C22H23ClFN3O5.ClH/c1-3-32-13-7-22(8-13)11-26(2)21(31)17-19(29)18(28)14(10-27(17)22)20(30)25-9-12-5-4-6-15(23)16(12)24;/h4-6,10,13,29H,3,7-9,11H2,1-2H3,(H,25,30);1H/t13-,22+;. The van der Waals surface area contributed by atoms with Gasteiger partial charge in [0.05, 0.1) is 16.7 Å². The quantitative estimate of drug-likeness (QED) is 0.658. The van der Waals surface area contributed by atoms with Crippen molar-refractivity contribution < 1.29 is 23.8 Å². The summed E-state index contributed by atoms with van der Waals surface area (Å²) in [5.74, 6) is -2.73. The van der Waals surface area contributed by atoms with Crippen LogP contribution in [0.4, 0.5) is 4.39 Å². The molecule has 1 aliphatic heterocycles. The summed E-state index contributed by atoms with van der Waals surface area (Å²) >= 11 is 5.76. The van der Waals surface area contributed by atoms with Crippen LogP contribution in [0.5, 0.6) is 5.75 Å². The van der Waals surface area contributed by atoms with E-state index < -0.39 is 34.3 Å². The van der Waals surface area contributed by atoms with Gasteiger partial charge in [-0.3, -0.25) is 14.4 Å². The van der Waals surface area contributed by atoms with Crippen LogP contribution < -0.4 is 10.7 Å². The molecule has 2 heterocycles. The molecule has 8 nitrogen and oxygen atoms in total.